The molecular weight excluding hydrogens is 204 g/mol. The Hall–Kier alpha value is -1.55. The molecule has 16 heavy (non-hydrogen) atoms. The number of allylic oxidation sites excluding steroid dienone is 3. The first-order valence-corrected chi connectivity index (χ1v) is 5.45. The smallest absolute Gasteiger partial charge is 0.236 e. The number of aliphatic hydroxyl groups excluding tert-OH is 1. The molecule has 0 aromatic carbocycles. The zero-order valence-electron chi connectivity index (χ0n) is 9.66. The molecule has 4 heteroatoms. The molecule has 2 aliphatic rings. The van der Waals surface area contributed by atoms with E-state index in [2.05, 4.69) is 17.1 Å². The predicted molar refractivity (Wildman–Crippen MR) is 62.1 cm³/mol. The van der Waals surface area contributed by atoms with Gasteiger partial charge in [0.1, 0.15) is 18.5 Å². The molecule has 1 atom stereocenters. The first-order valence-electron chi connectivity index (χ1n) is 5.45. The van der Waals surface area contributed by atoms with E-state index in [9.17, 15) is 5.11 Å². The Morgan fingerprint density at radius 3 is 3.00 bits per heavy atom. The van der Waals surface area contributed by atoms with Gasteiger partial charge < -0.3 is 9.84 Å². The van der Waals surface area contributed by atoms with Gasteiger partial charge >= 0.3 is 0 Å². The lowest BCUT2D eigenvalue weighted by molar-refractivity contribution is -0.801. The van der Waals surface area contributed by atoms with Crippen LogP contribution >= 0.6 is 0 Å². The normalized spacial score (nSPS) is 25.2. The Bertz CT molecular complexity index is 405. The van der Waals surface area contributed by atoms with Crippen LogP contribution in [0, 0.1) is 0 Å². The van der Waals surface area contributed by atoms with Crippen LogP contribution in [-0.2, 0) is 4.74 Å². The fourth-order valence-electron chi connectivity index (χ4n) is 1.92. The van der Waals surface area contributed by atoms with Crippen molar-refractivity contribution in [2.24, 2.45) is 4.99 Å². The zero-order chi connectivity index (χ0) is 11.5. The summed E-state index contributed by atoms with van der Waals surface area (Å²) in [5, 5.41) is 9.74. The minimum absolute atomic E-state index is 0.403. The van der Waals surface area contributed by atoms with E-state index in [-0.39, 0.29) is 0 Å². The minimum atomic E-state index is 0.403. The largest absolute Gasteiger partial charge is 0.507 e. The number of aliphatic hydroxyl groups is 1. The second-order valence-electron chi connectivity index (χ2n) is 4.01. The van der Waals surface area contributed by atoms with Crippen LogP contribution in [0.5, 0.6) is 0 Å². The van der Waals surface area contributed by atoms with Crippen molar-refractivity contribution in [3.8, 4) is 0 Å². The highest BCUT2D eigenvalue weighted by molar-refractivity contribution is 5.77. The lowest BCUT2D eigenvalue weighted by Crippen LogP contribution is -3.06. The first-order chi connectivity index (χ1) is 7.70. The number of aliphatic imine (C=N–C) groups is 1. The van der Waals surface area contributed by atoms with Crippen molar-refractivity contribution < 1.29 is 14.7 Å². The molecule has 0 aromatic rings. The molecule has 0 saturated carbocycles. The molecule has 0 fully saturated rings. The summed E-state index contributed by atoms with van der Waals surface area (Å²) in [5.41, 5.74) is 1.11. The van der Waals surface area contributed by atoms with Crippen molar-refractivity contribution >= 4 is 5.90 Å². The highest BCUT2D eigenvalue weighted by atomic mass is 16.5. The SMILES string of the molecule is COC1=NC2=C(C)C=CC[NH+]2C=C(O)CC1. The fourth-order valence-corrected chi connectivity index (χ4v) is 1.92. The number of hydrogen-bond donors (Lipinski definition) is 2. The average Bonchev–Trinajstić information content (AvgIpc) is 2.24. The number of fused-ring (bicyclic) bond motifs is 1. The van der Waals surface area contributed by atoms with Crippen LogP contribution in [0.15, 0.2) is 40.5 Å². The Balaban J connectivity index is 2.42. The third-order valence-corrected chi connectivity index (χ3v) is 2.79. The van der Waals surface area contributed by atoms with Gasteiger partial charge in [0.15, 0.2) is 5.90 Å². The maximum atomic E-state index is 9.74. The number of rotatable bonds is 0. The number of nitrogens with one attached hydrogen (secondary N) is 1. The highest BCUT2D eigenvalue weighted by Gasteiger charge is 2.22. The molecule has 2 aliphatic heterocycles. The van der Waals surface area contributed by atoms with E-state index >= 15 is 0 Å². The lowest BCUT2D eigenvalue weighted by Gasteiger charge is -2.20. The topological polar surface area (TPSA) is 46.3 Å². The third-order valence-electron chi connectivity index (χ3n) is 2.79. The summed E-state index contributed by atoms with van der Waals surface area (Å²) in [5.74, 6) is 2.02. The Morgan fingerprint density at radius 2 is 2.25 bits per heavy atom. The van der Waals surface area contributed by atoms with Crippen LogP contribution in [0.3, 0.4) is 0 Å². The quantitative estimate of drug-likeness (QED) is 0.638. The maximum Gasteiger partial charge on any atom is 0.236 e. The molecule has 2 heterocycles. The van der Waals surface area contributed by atoms with Crippen molar-refractivity contribution in [3.63, 3.8) is 0 Å². The van der Waals surface area contributed by atoms with E-state index in [4.69, 9.17) is 4.74 Å². The summed E-state index contributed by atoms with van der Waals surface area (Å²) in [7, 11) is 1.62. The molecule has 0 bridgehead atoms. The van der Waals surface area contributed by atoms with Gasteiger partial charge in [-0.3, -0.25) is 4.90 Å². The highest BCUT2D eigenvalue weighted by Crippen LogP contribution is 2.11. The van der Waals surface area contributed by atoms with Crippen LogP contribution in [0.25, 0.3) is 0 Å². The van der Waals surface area contributed by atoms with Crippen LogP contribution in [-0.4, -0.2) is 24.7 Å². The van der Waals surface area contributed by atoms with Gasteiger partial charge in [0.05, 0.1) is 7.11 Å². The minimum Gasteiger partial charge on any atom is -0.507 e. The van der Waals surface area contributed by atoms with E-state index in [1.54, 1.807) is 7.11 Å². The second-order valence-corrected chi connectivity index (χ2v) is 4.01. The third kappa shape index (κ3) is 2.17. The van der Waals surface area contributed by atoms with Crippen LogP contribution < -0.4 is 4.90 Å². The van der Waals surface area contributed by atoms with Gasteiger partial charge in [0, 0.05) is 18.4 Å². The molecule has 0 spiro atoms. The van der Waals surface area contributed by atoms with E-state index < -0.39 is 0 Å². The average molecular weight is 221 g/mol. The van der Waals surface area contributed by atoms with Crippen LogP contribution in [0.2, 0.25) is 0 Å². The van der Waals surface area contributed by atoms with E-state index in [0.717, 1.165) is 22.8 Å². The number of methoxy groups -OCH3 is 1. The molecule has 0 aromatic heterocycles. The molecule has 0 saturated heterocycles. The summed E-state index contributed by atoms with van der Waals surface area (Å²) in [6, 6.07) is 0. The number of quaternary nitrogens is 1. The summed E-state index contributed by atoms with van der Waals surface area (Å²) >= 11 is 0. The van der Waals surface area contributed by atoms with Crippen molar-refractivity contribution in [3.05, 3.63) is 35.5 Å². The van der Waals surface area contributed by atoms with Crippen LogP contribution in [0.1, 0.15) is 19.8 Å². The van der Waals surface area contributed by atoms with Gasteiger partial charge in [-0.25, -0.2) is 0 Å². The Kier molecular flexibility index (Phi) is 3.10. The molecule has 0 aliphatic carbocycles. The van der Waals surface area contributed by atoms with Gasteiger partial charge in [-0.05, 0) is 13.0 Å². The van der Waals surface area contributed by atoms with Crippen molar-refractivity contribution in [1.29, 1.82) is 0 Å². The summed E-state index contributed by atoms with van der Waals surface area (Å²) in [4.78, 5) is 5.58. The molecule has 2 N–H and O–H groups in total. The molecule has 4 nitrogen and oxygen atoms in total. The molecule has 2 rings (SSSR count). The predicted octanol–water partition coefficient (Wildman–Crippen LogP) is 0.911. The van der Waals surface area contributed by atoms with Gasteiger partial charge in [0.2, 0.25) is 5.82 Å². The van der Waals surface area contributed by atoms with E-state index in [1.165, 1.54) is 0 Å². The lowest BCUT2D eigenvalue weighted by atomic mass is 10.2. The number of ether oxygens (including phenoxy) is 1. The fraction of sp³-hybridized carbons (Fsp3) is 0.417. The van der Waals surface area contributed by atoms with Crippen molar-refractivity contribution in [1.82, 2.24) is 0 Å². The molecule has 0 amide bonds. The Morgan fingerprint density at radius 1 is 1.44 bits per heavy atom. The first kappa shape index (κ1) is 11.0. The van der Waals surface area contributed by atoms with Gasteiger partial charge in [-0.2, -0.15) is 4.99 Å². The number of hydrogen-bond acceptors (Lipinski definition) is 3. The van der Waals surface area contributed by atoms with E-state index in [1.807, 2.05) is 13.1 Å². The monoisotopic (exact) mass is 221 g/mol. The van der Waals surface area contributed by atoms with Gasteiger partial charge in [0.25, 0.3) is 0 Å². The molecule has 86 valence electrons. The van der Waals surface area contributed by atoms with Gasteiger partial charge in [-0.15, -0.1) is 0 Å². The second kappa shape index (κ2) is 4.53. The van der Waals surface area contributed by atoms with Crippen LogP contribution in [0.4, 0.5) is 0 Å². The maximum absolute atomic E-state index is 9.74. The number of nitrogens with zero attached hydrogens (tertiary/aromatic N) is 1. The van der Waals surface area contributed by atoms with Crippen molar-refractivity contribution in [2.75, 3.05) is 13.7 Å². The summed E-state index contributed by atoms with van der Waals surface area (Å²) < 4.78 is 5.21. The van der Waals surface area contributed by atoms with Crippen molar-refractivity contribution in [2.45, 2.75) is 19.8 Å². The van der Waals surface area contributed by atoms with Gasteiger partial charge in [-0.1, -0.05) is 6.08 Å². The molecule has 0 radical (unpaired) electrons. The summed E-state index contributed by atoms with van der Waals surface area (Å²) in [6.45, 7) is 2.84. The summed E-state index contributed by atoms with van der Waals surface area (Å²) in [6.07, 6.45) is 7.21. The standard InChI is InChI=1S/C12H16N2O2/c1-9-4-3-7-14-8-10(15)5-6-11(16-2)13-12(9)14/h3-4,8,15H,5-7H2,1-2H3/p+1. The van der Waals surface area contributed by atoms with E-state index in [0.29, 0.717) is 24.5 Å². The molecular formula is C12H17N2O2+. The molecule has 1 unspecified atom stereocenters. The Labute approximate surface area is 95.2 Å². The zero-order valence-corrected chi connectivity index (χ0v) is 9.66.